The van der Waals surface area contributed by atoms with Gasteiger partial charge in [0, 0.05) is 6.42 Å². The molecule has 17 atom stereocenters. The van der Waals surface area contributed by atoms with E-state index in [9.17, 15) is 61.0 Å². The maximum absolute atomic E-state index is 13.2. The van der Waals surface area contributed by atoms with Crippen molar-refractivity contribution in [1.82, 2.24) is 5.32 Å². The highest BCUT2D eigenvalue weighted by atomic mass is 16.8. The van der Waals surface area contributed by atoms with E-state index < -0.39 is 124 Å². The van der Waals surface area contributed by atoms with Crippen LogP contribution in [0.1, 0.15) is 142 Å². The first kappa shape index (κ1) is 63.0. The highest BCUT2D eigenvalue weighted by Gasteiger charge is 2.53. The van der Waals surface area contributed by atoms with Gasteiger partial charge >= 0.3 is 0 Å². The van der Waals surface area contributed by atoms with E-state index in [1.165, 1.54) is 19.3 Å². The molecular weight excluding hydrogens is 927 g/mol. The summed E-state index contributed by atoms with van der Waals surface area (Å²) < 4.78 is 34.0. The van der Waals surface area contributed by atoms with Crippen molar-refractivity contribution in [3.05, 3.63) is 48.6 Å². The number of allylic oxidation sites excluding steroid dienone is 8. The summed E-state index contributed by atoms with van der Waals surface area (Å²) in [5.41, 5.74) is 0. The molecule has 3 saturated heterocycles. The van der Waals surface area contributed by atoms with Crippen LogP contribution in [0, 0.1) is 0 Å². The largest absolute Gasteiger partial charge is 0.394 e. The van der Waals surface area contributed by atoms with Crippen molar-refractivity contribution in [2.75, 3.05) is 26.4 Å². The van der Waals surface area contributed by atoms with Crippen molar-refractivity contribution < 1.29 is 89.4 Å². The maximum atomic E-state index is 13.2. The molecule has 0 saturated carbocycles. The second-order valence-electron chi connectivity index (χ2n) is 19.0. The standard InChI is InChI=1S/C52H91NO18/c1-3-5-7-9-10-11-12-13-14-15-16-17-18-19-20-21-22-23-24-26-28-30-40(58)53-35(36(57)29-27-25-8-6-4-2)34-66-50-46(64)43(61)48(38(32-55)68-50)71-52-47(65)44(62)49(39(33-56)69-52)70-51-45(63)42(60)41(59)37(31-54)67-51/h5,7,10-11,13-14,16-17,35-39,41-52,54-57,59-65H,3-4,6,8-9,12,15,18-34H2,1-2H3,(H,53,58)/b7-5-,11-10-,14-13-,17-16-. The van der Waals surface area contributed by atoms with Crippen LogP contribution in [0.2, 0.25) is 0 Å². The highest BCUT2D eigenvalue weighted by Crippen LogP contribution is 2.33. The molecule has 3 aliphatic rings. The third kappa shape index (κ3) is 22.2. The average molecular weight is 1020 g/mol. The number of hydrogen-bond acceptors (Lipinski definition) is 18. The molecule has 412 valence electrons. The number of rotatable bonds is 36. The normalized spacial score (nSPS) is 32.7. The summed E-state index contributed by atoms with van der Waals surface area (Å²) in [6, 6.07) is -0.888. The van der Waals surface area contributed by atoms with Gasteiger partial charge in [0.2, 0.25) is 5.91 Å². The smallest absolute Gasteiger partial charge is 0.220 e. The number of aliphatic hydroxyl groups is 11. The highest BCUT2D eigenvalue weighted by molar-refractivity contribution is 5.76. The first-order chi connectivity index (χ1) is 34.3. The lowest BCUT2D eigenvalue weighted by Crippen LogP contribution is -2.66. The number of amides is 1. The number of hydrogen-bond donors (Lipinski definition) is 12. The Morgan fingerprint density at radius 1 is 0.521 bits per heavy atom. The molecule has 3 rings (SSSR count). The van der Waals surface area contributed by atoms with Gasteiger partial charge in [-0.05, 0) is 51.4 Å². The van der Waals surface area contributed by atoms with E-state index >= 15 is 0 Å². The van der Waals surface area contributed by atoms with Gasteiger partial charge in [-0.3, -0.25) is 4.79 Å². The van der Waals surface area contributed by atoms with E-state index in [-0.39, 0.29) is 18.9 Å². The molecule has 71 heavy (non-hydrogen) atoms. The molecule has 1 amide bonds. The fraction of sp³-hybridized carbons (Fsp3) is 0.827. The van der Waals surface area contributed by atoms with Crippen LogP contribution in [-0.2, 0) is 33.2 Å². The minimum absolute atomic E-state index is 0.253. The summed E-state index contributed by atoms with van der Waals surface area (Å²) >= 11 is 0. The summed E-state index contributed by atoms with van der Waals surface area (Å²) in [7, 11) is 0. The molecule has 0 aromatic carbocycles. The molecule has 0 aromatic heterocycles. The SMILES string of the molecule is CC/C=C\C/C=C\C/C=C\C/C=C\CCCCCCCCCCC(=O)NC(COC1OC(CO)C(OC2OC(CO)C(OC3OC(CO)C(O)C(O)C3O)C(O)C2O)C(O)C1O)C(O)CCCCCCC. The summed E-state index contributed by atoms with van der Waals surface area (Å²) in [6.45, 7) is 1.52. The molecule has 0 aliphatic carbocycles. The second kappa shape index (κ2) is 36.7. The van der Waals surface area contributed by atoms with Crippen LogP contribution < -0.4 is 5.32 Å². The molecule has 3 fully saturated rings. The fourth-order valence-electron chi connectivity index (χ4n) is 8.77. The Bertz CT molecular complexity index is 1500. The van der Waals surface area contributed by atoms with E-state index in [1.54, 1.807) is 0 Å². The molecule has 0 bridgehead atoms. The Hall–Kier alpha value is -2.25. The Balaban J connectivity index is 1.45. The third-order valence-corrected chi connectivity index (χ3v) is 13.2. The average Bonchev–Trinajstić information content (AvgIpc) is 3.36. The summed E-state index contributed by atoms with van der Waals surface area (Å²) in [6.07, 6.45) is 9.95. The predicted molar refractivity (Wildman–Crippen MR) is 263 cm³/mol. The van der Waals surface area contributed by atoms with Crippen LogP contribution in [0.15, 0.2) is 48.6 Å². The number of carbonyl (C=O) groups is 1. The van der Waals surface area contributed by atoms with E-state index in [0.29, 0.717) is 19.3 Å². The van der Waals surface area contributed by atoms with E-state index in [2.05, 4.69) is 67.8 Å². The van der Waals surface area contributed by atoms with Gasteiger partial charge in [0.1, 0.15) is 73.2 Å². The number of ether oxygens (including phenoxy) is 6. The van der Waals surface area contributed by atoms with Crippen LogP contribution in [0.3, 0.4) is 0 Å². The number of unbranched alkanes of at least 4 members (excludes halogenated alkanes) is 12. The lowest BCUT2D eigenvalue weighted by Gasteiger charge is -2.48. The summed E-state index contributed by atoms with van der Waals surface area (Å²) in [5, 5.41) is 119. The molecule has 17 unspecified atom stereocenters. The fourth-order valence-corrected chi connectivity index (χ4v) is 8.77. The Labute approximate surface area is 421 Å². The minimum atomic E-state index is -1.97. The van der Waals surface area contributed by atoms with Gasteiger partial charge in [0.25, 0.3) is 0 Å². The Morgan fingerprint density at radius 3 is 1.52 bits per heavy atom. The molecule has 12 N–H and O–H groups in total. The van der Waals surface area contributed by atoms with Gasteiger partial charge in [0.15, 0.2) is 18.9 Å². The van der Waals surface area contributed by atoms with Crippen molar-refractivity contribution in [1.29, 1.82) is 0 Å². The first-order valence-corrected chi connectivity index (χ1v) is 26.4. The molecule has 0 spiro atoms. The van der Waals surface area contributed by atoms with Crippen molar-refractivity contribution >= 4 is 5.91 Å². The van der Waals surface area contributed by atoms with Crippen LogP contribution in [0.5, 0.6) is 0 Å². The molecule has 19 nitrogen and oxygen atoms in total. The first-order valence-electron chi connectivity index (χ1n) is 26.4. The number of carbonyl (C=O) groups excluding carboxylic acids is 1. The van der Waals surface area contributed by atoms with Gasteiger partial charge in [-0.1, -0.05) is 133 Å². The van der Waals surface area contributed by atoms with Crippen LogP contribution in [0.25, 0.3) is 0 Å². The van der Waals surface area contributed by atoms with Crippen LogP contribution in [-0.4, -0.2) is 193 Å². The zero-order chi connectivity index (χ0) is 52.0. The Kier molecular flexibility index (Phi) is 32.5. The monoisotopic (exact) mass is 1020 g/mol. The quantitative estimate of drug-likeness (QED) is 0.0317. The molecule has 0 aromatic rings. The van der Waals surface area contributed by atoms with Gasteiger partial charge in [-0.15, -0.1) is 0 Å². The Morgan fingerprint density at radius 2 is 0.972 bits per heavy atom. The van der Waals surface area contributed by atoms with Crippen LogP contribution >= 0.6 is 0 Å². The van der Waals surface area contributed by atoms with E-state index in [0.717, 1.165) is 83.5 Å². The molecular formula is C52H91NO18. The molecule has 3 heterocycles. The summed E-state index contributed by atoms with van der Waals surface area (Å²) in [5.74, 6) is -0.262. The van der Waals surface area contributed by atoms with Crippen molar-refractivity contribution in [2.24, 2.45) is 0 Å². The van der Waals surface area contributed by atoms with E-state index in [4.69, 9.17) is 28.4 Å². The topological polar surface area (TPSA) is 307 Å². The van der Waals surface area contributed by atoms with Gasteiger partial charge < -0.3 is 89.9 Å². The summed E-state index contributed by atoms with van der Waals surface area (Å²) in [4.78, 5) is 13.2. The number of nitrogens with one attached hydrogen (secondary N) is 1. The lowest BCUT2D eigenvalue weighted by molar-refractivity contribution is -0.379. The van der Waals surface area contributed by atoms with Gasteiger partial charge in [-0.25, -0.2) is 0 Å². The van der Waals surface area contributed by atoms with E-state index in [1.807, 2.05) is 0 Å². The lowest BCUT2D eigenvalue weighted by atomic mass is 9.96. The third-order valence-electron chi connectivity index (χ3n) is 13.2. The molecule has 0 radical (unpaired) electrons. The maximum Gasteiger partial charge on any atom is 0.220 e. The van der Waals surface area contributed by atoms with Gasteiger partial charge in [0.05, 0.1) is 38.6 Å². The van der Waals surface area contributed by atoms with Crippen LogP contribution in [0.4, 0.5) is 0 Å². The zero-order valence-electron chi connectivity index (χ0n) is 42.2. The minimum Gasteiger partial charge on any atom is -0.394 e. The van der Waals surface area contributed by atoms with Crippen molar-refractivity contribution in [3.63, 3.8) is 0 Å². The second-order valence-corrected chi connectivity index (χ2v) is 19.0. The van der Waals surface area contributed by atoms with Crippen molar-refractivity contribution in [2.45, 2.75) is 247 Å². The van der Waals surface area contributed by atoms with Gasteiger partial charge in [-0.2, -0.15) is 0 Å². The predicted octanol–water partition coefficient (Wildman–Crippen LogP) is 2.36. The number of aliphatic hydroxyl groups excluding tert-OH is 11. The molecule has 3 aliphatic heterocycles. The van der Waals surface area contributed by atoms with Crippen molar-refractivity contribution in [3.8, 4) is 0 Å². The zero-order valence-corrected chi connectivity index (χ0v) is 42.2. The molecule has 19 heteroatoms.